The van der Waals surface area contributed by atoms with Gasteiger partial charge < -0.3 is 24.1 Å². The fourth-order valence-electron chi connectivity index (χ4n) is 2.87. The molecule has 1 heterocycles. The summed E-state index contributed by atoms with van der Waals surface area (Å²) < 4.78 is 15.6. The number of esters is 1. The minimum absolute atomic E-state index is 0.0673. The molecule has 0 fully saturated rings. The SMILES string of the molecule is CCOc1ccc(N(CCC#N)C(=O)COC(=O)[C@@H](NC(=O)c2ccco2)C(C)C)cc1. The number of benzene rings is 1. The van der Waals surface area contributed by atoms with Crippen molar-refractivity contribution in [2.24, 2.45) is 5.92 Å². The Morgan fingerprint density at radius 2 is 1.91 bits per heavy atom. The summed E-state index contributed by atoms with van der Waals surface area (Å²) in [5.41, 5.74) is 0.552. The lowest BCUT2D eigenvalue weighted by atomic mass is 10.0. The number of rotatable bonds is 11. The molecule has 0 saturated carbocycles. The monoisotopic (exact) mass is 441 g/mol. The van der Waals surface area contributed by atoms with E-state index < -0.39 is 30.4 Å². The van der Waals surface area contributed by atoms with Crippen LogP contribution in [0, 0.1) is 17.2 Å². The molecule has 0 unspecified atom stereocenters. The molecular weight excluding hydrogens is 414 g/mol. The molecule has 9 nitrogen and oxygen atoms in total. The summed E-state index contributed by atoms with van der Waals surface area (Å²) in [6.45, 7) is 5.48. The largest absolute Gasteiger partial charge is 0.494 e. The van der Waals surface area contributed by atoms with Gasteiger partial charge in [-0.1, -0.05) is 13.8 Å². The molecule has 1 N–H and O–H groups in total. The van der Waals surface area contributed by atoms with Crippen molar-refractivity contribution >= 4 is 23.5 Å². The van der Waals surface area contributed by atoms with Gasteiger partial charge in [-0.3, -0.25) is 9.59 Å². The molecule has 0 radical (unpaired) electrons. The third kappa shape index (κ3) is 6.87. The van der Waals surface area contributed by atoms with Gasteiger partial charge in [0.1, 0.15) is 11.8 Å². The highest BCUT2D eigenvalue weighted by Gasteiger charge is 2.28. The number of carbonyl (C=O) groups excluding carboxylic acids is 3. The van der Waals surface area contributed by atoms with Gasteiger partial charge in [0.05, 0.1) is 25.4 Å². The number of ether oxygens (including phenoxy) is 2. The van der Waals surface area contributed by atoms with Crippen LogP contribution >= 0.6 is 0 Å². The Labute approximate surface area is 186 Å². The standard InChI is InChI=1S/C23H27N3O6/c1-4-30-18-10-8-17(9-11-18)26(13-6-12-24)20(27)15-32-23(29)21(16(2)3)25-22(28)19-7-5-14-31-19/h5,7-11,14,16,21H,4,6,13,15H2,1-3H3,(H,25,28)/t21-/m0/s1. The van der Waals surface area contributed by atoms with Gasteiger partial charge in [0.2, 0.25) is 0 Å². The van der Waals surface area contributed by atoms with Crippen molar-refractivity contribution in [2.75, 3.05) is 24.7 Å². The van der Waals surface area contributed by atoms with Crippen molar-refractivity contribution in [2.45, 2.75) is 33.2 Å². The molecular formula is C23H27N3O6. The molecule has 0 spiro atoms. The quantitative estimate of drug-likeness (QED) is 0.532. The van der Waals surface area contributed by atoms with Crippen LogP contribution in [0.3, 0.4) is 0 Å². The van der Waals surface area contributed by atoms with Crippen molar-refractivity contribution < 1.29 is 28.3 Å². The molecule has 0 aliphatic heterocycles. The second-order valence-electron chi connectivity index (χ2n) is 7.16. The average Bonchev–Trinajstić information content (AvgIpc) is 3.32. The maximum Gasteiger partial charge on any atom is 0.329 e. The second-order valence-corrected chi connectivity index (χ2v) is 7.16. The molecule has 2 aromatic rings. The minimum Gasteiger partial charge on any atom is -0.494 e. The summed E-state index contributed by atoms with van der Waals surface area (Å²) in [7, 11) is 0. The van der Waals surface area contributed by atoms with E-state index in [2.05, 4.69) is 5.32 Å². The summed E-state index contributed by atoms with van der Waals surface area (Å²) in [5, 5.41) is 11.5. The maximum atomic E-state index is 12.8. The third-order valence-electron chi connectivity index (χ3n) is 4.50. The lowest BCUT2D eigenvalue weighted by Crippen LogP contribution is -2.46. The maximum absolute atomic E-state index is 12.8. The summed E-state index contributed by atoms with van der Waals surface area (Å²) in [6.07, 6.45) is 1.47. The summed E-state index contributed by atoms with van der Waals surface area (Å²) in [4.78, 5) is 38.9. The molecule has 0 bridgehead atoms. The predicted octanol–water partition coefficient (Wildman–Crippen LogP) is 2.92. The predicted molar refractivity (Wildman–Crippen MR) is 116 cm³/mol. The van der Waals surface area contributed by atoms with Crippen LogP contribution in [0.1, 0.15) is 37.7 Å². The van der Waals surface area contributed by atoms with E-state index in [0.29, 0.717) is 18.0 Å². The van der Waals surface area contributed by atoms with Crippen molar-refractivity contribution in [3.8, 4) is 11.8 Å². The van der Waals surface area contributed by atoms with Gasteiger partial charge >= 0.3 is 5.97 Å². The molecule has 9 heteroatoms. The van der Waals surface area contributed by atoms with E-state index >= 15 is 0 Å². The zero-order chi connectivity index (χ0) is 23.5. The smallest absolute Gasteiger partial charge is 0.329 e. The highest BCUT2D eigenvalue weighted by atomic mass is 16.5. The Kier molecular flexibility index (Phi) is 9.29. The molecule has 0 saturated heterocycles. The number of furan rings is 1. The van der Waals surface area contributed by atoms with E-state index in [-0.39, 0.29) is 24.6 Å². The minimum atomic E-state index is -0.960. The van der Waals surface area contributed by atoms with Gasteiger partial charge in [0.15, 0.2) is 12.4 Å². The number of carbonyl (C=O) groups is 3. The molecule has 2 rings (SSSR count). The second kappa shape index (κ2) is 12.2. The number of amides is 2. The lowest BCUT2D eigenvalue weighted by molar-refractivity contribution is -0.150. The summed E-state index contributed by atoms with van der Waals surface area (Å²) >= 11 is 0. The first-order valence-electron chi connectivity index (χ1n) is 10.3. The number of nitrogens with one attached hydrogen (secondary N) is 1. The fourth-order valence-corrected chi connectivity index (χ4v) is 2.87. The molecule has 0 aliphatic carbocycles. The zero-order valence-corrected chi connectivity index (χ0v) is 18.4. The Balaban J connectivity index is 2.03. The Morgan fingerprint density at radius 3 is 2.47 bits per heavy atom. The van der Waals surface area contributed by atoms with Crippen molar-refractivity contribution in [3.63, 3.8) is 0 Å². The first-order valence-corrected chi connectivity index (χ1v) is 10.3. The molecule has 2 amide bonds. The van der Waals surface area contributed by atoms with Gasteiger partial charge in [-0.05, 0) is 49.2 Å². The Hall–Kier alpha value is -3.80. The first-order chi connectivity index (χ1) is 15.4. The van der Waals surface area contributed by atoms with Crippen LogP contribution in [0.4, 0.5) is 5.69 Å². The van der Waals surface area contributed by atoms with Crippen LogP contribution in [0.2, 0.25) is 0 Å². The van der Waals surface area contributed by atoms with Crippen LogP contribution in [0.15, 0.2) is 47.1 Å². The highest BCUT2D eigenvalue weighted by molar-refractivity contribution is 5.97. The lowest BCUT2D eigenvalue weighted by Gasteiger charge is -2.24. The van der Waals surface area contributed by atoms with Crippen LogP contribution in [-0.2, 0) is 14.3 Å². The van der Waals surface area contributed by atoms with E-state index in [0.717, 1.165) is 0 Å². The van der Waals surface area contributed by atoms with Gasteiger partial charge in [-0.2, -0.15) is 5.26 Å². The zero-order valence-electron chi connectivity index (χ0n) is 18.4. The van der Waals surface area contributed by atoms with Crippen LogP contribution in [0.25, 0.3) is 0 Å². The summed E-state index contributed by atoms with van der Waals surface area (Å²) in [5.74, 6) is -1.34. The first kappa shape index (κ1) is 24.5. The number of nitriles is 1. The fraction of sp³-hybridized carbons (Fsp3) is 0.391. The number of nitrogens with zero attached hydrogens (tertiary/aromatic N) is 2. The van der Waals surface area contributed by atoms with E-state index in [1.807, 2.05) is 13.0 Å². The van der Waals surface area contributed by atoms with Crippen LogP contribution in [-0.4, -0.2) is 43.6 Å². The topological polar surface area (TPSA) is 122 Å². The van der Waals surface area contributed by atoms with Crippen molar-refractivity contribution in [3.05, 3.63) is 48.4 Å². The molecule has 170 valence electrons. The van der Waals surface area contributed by atoms with E-state index in [1.165, 1.54) is 17.2 Å². The van der Waals surface area contributed by atoms with E-state index in [4.69, 9.17) is 19.2 Å². The van der Waals surface area contributed by atoms with Gasteiger partial charge in [0.25, 0.3) is 11.8 Å². The molecule has 1 aromatic heterocycles. The van der Waals surface area contributed by atoms with Crippen LogP contribution < -0.4 is 15.0 Å². The molecule has 1 aromatic carbocycles. The highest BCUT2D eigenvalue weighted by Crippen LogP contribution is 2.20. The van der Waals surface area contributed by atoms with E-state index in [9.17, 15) is 14.4 Å². The van der Waals surface area contributed by atoms with Crippen molar-refractivity contribution in [1.82, 2.24) is 5.32 Å². The molecule has 0 aliphatic rings. The van der Waals surface area contributed by atoms with Crippen LogP contribution in [0.5, 0.6) is 5.75 Å². The summed E-state index contributed by atoms with van der Waals surface area (Å²) in [6, 6.07) is 10.9. The van der Waals surface area contributed by atoms with Crippen molar-refractivity contribution in [1.29, 1.82) is 5.26 Å². The molecule has 32 heavy (non-hydrogen) atoms. The Morgan fingerprint density at radius 1 is 1.19 bits per heavy atom. The molecule has 1 atom stereocenters. The van der Waals surface area contributed by atoms with E-state index in [1.54, 1.807) is 44.2 Å². The normalized spacial score (nSPS) is 11.3. The number of anilines is 1. The number of hydrogen-bond donors (Lipinski definition) is 1. The average molecular weight is 441 g/mol. The Bertz CT molecular complexity index is 932. The van der Waals surface area contributed by atoms with Gasteiger partial charge in [-0.15, -0.1) is 0 Å². The van der Waals surface area contributed by atoms with Gasteiger partial charge in [0, 0.05) is 12.2 Å². The van der Waals surface area contributed by atoms with Gasteiger partial charge in [-0.25, -0.2) is 4.79 Å². The number of hydrogen-bond acceptors (Lipinski definition) is 7. The third-order valence-corrected chi connectivity index (χ3v) is 4.50.